The van der Waals surface area contributed by atoms with Crippen LogP contribution in [0.5, 0.6) is 5.75 Å². The smallest absolute Gasteiger partial charge is 0.254 e. The van der Waals surface area contributed by atoms with Crippen LogP contribution in [0.4, 0.5) is 0 Å². The Morgan fingerprint density at radius 1 is 1.07 bits per heavy atom. The molecule has 8 rings (SSSR count). The van der Waals surface area contributed by atoms with Gasteiger partial charge in [0.05, 0.1) is 24.0 Å². The van der Waals surface area contributed by atoms with Crippen molar-refractivity contribution < 1.29 is 14.3 Å². The van der Waals surface area contributed by atoms with E-state index < -0.39 is 0 Å². The third-order valence-corrected chi connectivity index (χ3v) is 9.78. The Hall–Kier alpha value is -4.70. The first-order valence-corrected chi connectivity index (χ1v) is 15.8. The van der Waals surface area contributed by atoms with Crippen molar-refractivity contribution in [1.82, 2.24) is 29.3 Å². The Bertz CT molecular complexity index is 2020. The Balaban J connectivity index is 1.24. The van der Waals surface area contributed by atoms with Crippen LogP contribution in [0, 0.1) is 5.92 Å². The van der Waals surface area contributed by atoms with Gasteiger partial charge in [0.2, 0.25) is 0 Å². The van der Waals surface area contributed by atoms with Gasteiger partial charge in [0.1, 0.15) is 16.9 Å². The van der Waals surface area contributed by atoms with E-state index >= 15 is 0 Å². The summed E-state index contributed by atoms with van der Waals surface area (Å²) in [6.45, 7) is 4.04. The number of piperidine rings is 1. The summed E-state index contributed by atoms with van der Waals surface area (Å²) in [7, 11) is 3.63. The average Bonchev–Trinajstić information content (AvgIpc) is 3.58. The number of nitrogens with zero attached hydrogens (tertiary/aromatic N) is 5. The quantitative estimate of drug-likeness (QED) is 0.286. The molecule has 2 fully saturated rings. The summed E-state index contributed by atoms with van der Waals surface area (Å²) in [5.74, 6) is 1.91. The molecule has 230 valence electrons. The van der Waals surface area contributed by atoms with Gasteiger partial charge in [-0.3, -0.25) is 9.59 Å². The number of hydrogen-bond donors (Lipinski definition) is 2. The number of carbonyl (C=O) groups is 2. The molecule has 0 unspecified atom stereocenters. The number of carbonyl (C=O) groups excluding carboxylic acids is 2. The molecule has 0 radical (unpaired) electrons. The van der Waals surface area contributed by atoms with E-state index in [4.69, 9.17) is 20.4 Å². The lowest BCUT2D eigenvalue weighted by Gasteiger charge is -2.36. The predicted molar refractivity (Wildman–Crippen MR) is 173 cm³/mol. The van der Waals surface area contributed by atoms with Crippen molar-refractivity contribution >= 4 is 33.9 Å². The number of fused-ring (bicyclic) bond motifs is 3. The SMILES string of the molecule is COc1cc(C(=O)N2C[C@H](N)CC[C@@H]2C)cc2nc(-c3cc4ccc(-c5ccc6c(c5)C(=O)NC6)nc4n3CC3CC3)n(C)c12. The van der Waals surface area contributed by atoms with Crippen LogP contribution in [-0.4, -0.2) is 61.6 Å². The molecule has 2 amide bonds. The topological polar surface area (TPSA) is 120 Å². The van der Waals surface area contributed by atoms with E-state index in [2.05, 4.69) is 33.5 Å². The molecule has 5 aromatic rings. The highest BCUT2D eigenvalue weighted by Crippen LogP contribution is 2.38. The lowest BCUT2D eigenvalue weighted by atomic mass is 9.99. The van der Waals surface area contributed by atoms with Gasteiger partial charge in [0.15, 0.2) is 5.82 Å². The van der Waals surface area contributed by atoms with Crippen LogP contribution in [0.2, 0.25) is 0 Å². The van der Waals surface area contributed by atoms with Crippen molar-refractivity contribution in [2.24, 2.45) is 18.7 Å². The van der Waals surface area contributed by atoms with Crippen LogP contribution in [0.1, 0.15) is 58.9 Å². The van der Waals surface area contributed by atoms with Gasteiger partial charge >= 0.3 is 0 Å². The first-order chi connectivity index (χ1) is 21.8. The third kappa shape index (κ3) is 4.66. The molecule has 2 atom stereocenters. The zero-order valence-electron chi connectivity index (χ0n) is 25.8. The van der Waals surface area contributed by atoms with Crippen LogP contribution in [0.15, 0.2) is 48.5 Å². The molecule has 10 heteroatoms. The summed E-state index contributed by atoms with van der Waals surface area (Å²) in [6.07, 6.45) is 4.20. The van der Waals surface area contributed by atoms with Gasteiger partial charge in [-0.1, -0.05) is 12.1 Å². The van der Waals surface area contributed by atoms with E-state index in [-0.39, 0.29) is 23.9 Å². The lowest BCUT2D eigenvalue weighted by molar-refractivity contribution is 0.0612. The number of pyridine rings is 1. The fourth-order valence-electron chi connectivity index (χ4n) is 6.99. The minimum absolute atomic E-state index is 0.0121. The molecular weight excluding hydrogens is 566 g/mol. The van der Waals surface area contributed by atoms with Crippen molar-refractivity contribution in [1.29, 1.82) is 0 Å². The van der Waals surface area contributed by atoms with Crippen molar-refractivity contribution in [3.8, 4) is 28.5 Å². The van der Waals surface area contributed by atoms with E-state index in [9.17, 15) is 9.59 Å². The average molecular weight is 604 g/mol. The third-order valence-electron chi connectivity index (χ3n) is 9.78. The zero-order valence-corrected chi connectivity index (χ0v) is 25.8. The molecule has 3 aliphatic rings. The standard InChI is InChI=1S/C35H37N7O3/c1-19-4-10-25(36)18-41(19)35(44)24-13-28-31(30(15-24)45-3)40(2)33(39-28)29-14-22-9-11-27(38-32(22)42(29)17-20-5-6-20)21-7-8-23-16-37-34(43)26(23)12-21/h7-9,11-15,19-20,25H,4-6,10,16-18,36H2,1-3H3,(H,37,43)/t19-,25+/m0/s1. The van der Waals surface area contributed by atoms with E-state index in [1.807, 2.05) is 48.3 Å². The maximum atomic E-state index is 13.7. The molecule has 1 aliphatic carbocycles. The maximum absolute atomic E-state index is 13.7. The van der Waals surface area contributed by atoms with Crippen LogP contribution in [0.3, 0.4) is 0 Å². The maximum Gasteiger partial charge on any atom is 0.254 e. The first-order valence-electron chi connectivity index (χ1n) is 15.8. The monoisotopic (exact) mass is 603 g/mol. The highest BCUT2D eigenvalue weighted by atomic mass is 16.5. The summed E-state index contributed by atoms with van der Waals surface area (Å²) in [4.78, 5) is 38.2. The van der Waals surface area contributed by atoms with Crippen molar-refractivity contribution in [2.45, 2.75) is 57.8 Å². The minimum Gasteiger partial charge on any atom is -0.494 e. The number of likely N-dealkylation sites (tertiary alicyclic amines) is 1. The molecule has 10 nitrogen and oxygen atoms in total. The lowest BCUT2D eigenvalue weighted by Crippen LogP contribution is -2.50. The number of imidazole rings is 1. The largest absolute Gasteiger partial charge is 0.494 e. The highest BCUT2D eigenvalue weighted by Gasteiger charge is 2.30. The van der Waals surface area contributed by atoms with Gasteiger partial charge in [0, 0.05) is 60.8 Å². The molecular formula is C35H37N7O3. The van der Waals surface area contributed by atoms with Crippen LogP contribution in [-0.2, 0) is 20.1 Å². The molecule has 45 heavy (non-hydrogen) atoms. The van der Waals surface area contributed by atoms with Crippen molar-refractivity contribution in [3.63, 3.8) is 0 Å². The van der Waals surface area contributed by atoms with E-state index in [1.54, 1.807) is 7.11 Å². The molecule has 3 N–H and O–H groups in total. The number of ether oxygens (including phenoxy) is 1. The fraction of sp³-hybridized carbons (Fsp3) is 0.371. The number of aromatic nitrogens is 4. The number of amides is 2. The molecule has 2 aliphatic heterocycles. The molecule has 2 aromatic carbocycles. The number of hydrogen-bond acceptors (Lipinski definition) is 6. The summed E-state index contributed by atoms with van der Waals surface area (Å²) in [5.41, 5.74) is 13.7. The van der Waals surface area contributed by atoms with E-state index in [0.717, 1.165) is 64.3 Å². The predicted octanol–water partition coefficient (Wildman–Crippen LogP) is 4.87. The molecule has 0 spiro atoms. The van der Waals surface area contributed by atoms with Crippen LogP contribution >= 0.6 is 0 Å². The van der Waals surface area contributed by atoms with E-state index in [1.165, 1.54) is 12.8 Å². The number of methoxy groups -OCH3 is 1. The Morgan fingerprint density at radius 2 is 1.91 bits per heavy atom. The Kier molecular flexibility index (Phi) is 6.46. The Morgan fingerprint density at radius 3 is 2.71 bits per heavy atom. The molecule has 0 bridgehead atoms. The van der Waals surface area contributed by atoms with Crippen molar-refractivity contribution in [2.75, 3.05) is 13.7 Å². The number of benzene rings is 2. The van der Waals surface area contributed by atoms with Gasteiger partial charge in [-0.05, 0) is 80.5 Å². The van der Waals surface area contributed by atoms with Crippen molar-refractivity contribution in [3.05, 3.63) is 65.2 Å². The fourth-order valence-corrected chi connectivity index (χ4v) is 6.99. The highest BCUT2D eigenvalue weighted by molar-refractivity contribution is 6.01. The number of nitrogens with one attached hydrogen (secondary N) is 1. The number of aryl methyl sites for hydroxylation is 1. The Labute approximate surface area is 261 Å². The minimum atomic E-state index is -0.0475. The second-order valence-corrected chi connectivity index (χ2v) is 12.9. The van der Waals surface area contributed by atoms with Crippen LogP contribution in [0.25, 0.3) is 44.8 Å². The number of rotatable bonds is 6. The van der Waals surface area contributed by atoms with Gasteiger partial charge in [-0.15, -0.1) is 0 Å². The van der Waals surface area contributed by atoms with E-state index in [0.29, 0.717) is 41.4 Å². The van der Waals surface area contributed by atoms with Gasteiger partial charge in [-0.2, -0.15) is 0 Å². The van der Waals surface area contributed by atoms with Gasteiger partial charge < -0.3 is 29.8 Å². The number of nitrogens with two attached hydrogens (primary N) is 1. The van der Waals surface area contributed by atoms with Crippen LogP contribution < -0.4 is 15.8 Å². The molecule has 3 aromatic heterocycles. The molecule has 1 saturated heterocycles. The molecule has 1 saturated carbocycles. The summed E-state index contributed by atoms with van der Waals surface area (Å²) < 4.78 is 10.2. The second kappa shape index (κ2) is 10.4. The van der Waals surface area contributed by atoms with Gasteiger partial charge in [-0.25, -0.2) is 9.97 Å². The van der Waals surface area contributed by atoms with Gasteiger partial charge in [0.25, 0.3) is 11.8 Å². The second-order valence-electron chi connectivity index (χ2n) is 12.9. The first kappa shape index (κ1) is 27.8. The summed E-state index contributed by atoms with van der Waals surface area (Å²) >= 11 is 0. The zero-order chi connectivity index (χ0) is 31.0. The normalized spacial score (nSPS) is 19.7. The molecule has 5 heterocycles. The summed E-state index contributed by atoms with van der Waals surface area (Å²) in [6, 6.07) is 16.1. The summed E-state index contributed by atoms with van der Waals surface area (Å²) in [5, 5.41) is 3.93.